The standard InChI is InChI=1S/C22H38N4O2/c1-15(2)13-25(20(28)16-10-9-11-16)14-19(27)23-18-12-17(21(3,4)5)24-26(18)22(6,7)8/h12,15-16H,9-11,13-14H2,1-8H3,(H,23,27). The third kappa shape index (κ3) is 5.58. The molecule has 0 unspecified atom stereocenters. The SMILES string of the molecule is CC(C)CN(CC(=O)Nc1cc(C(C)(C)C)nn1C(C)(C)C)C(=O)C1CCC1. The molecule has 1 aromatic heterocycles. The molecule has 1 aliphatic rings. The van der Waals surface area contributed by atoms with Crippen LogP contribution in [-0.4, -0.2) is 39.6 Å². The van der Waals surface area contributed by atoms with Crippen LogP contribution in [0.25, 0.3) is 0 Å². The van der Waals surface area contributed by atoms with Gasteiger partial charge in [0.15, 0.2) is 0 Å². The van der Waals surface area contributed by atoms with Gasteiger partial charge in [0.1, 0.15) is 5.82 Å². The van der Waals surface area contributed by atoms with Gasteiger partial charge in [0.25, 0.3) is 0 Å². The van der Waals surface area contributed by atoms with E-state index in [1.807, 2.05) is 10.7 Å². The fourth-order valence-corrected chi connectivity index (χ4v) is 3.29. The number of nitrogens with zero attached hydrogens (tertiary/aromatic N) is 3. The van der Waals surface area contributed by atoms with Crippen LogP contribution in [0, 0.1) is 11.8 Å². The molecule has 1 fully saturated rings. The molecule has 28 heavy (non-hydrogen) atoms. The molecule has 0 spiro atoms. The molecule has 0 atom stereocenters. The van der Waals surface area contributed by atoms with Crippen molar-refractivity contribution in [3.05, 3.63) is 11.8 Å². The molecular weight excluding hydrogens is 352 g/mol. The van der Waals surface area contributed by atoms with E-state index in [0.717, 1.165) is 25.0 Å². The molecule has 1 saturated carbocycles. The summed E-state index contributed by atoms with van der Waals surface area (Å²) in [7, 11) is 0. The minimum atomic E-state index is -0.258. The van der Waals surface area contributed by atoms with Gasteiger partial charge in [-0.05, 0) is 39.5 Å². The van der Waals surface area contributed by atoms with Gasteiger partial charge in [-0.25, -0.2) is 4.68 Å². The van der Waals surface area contributed by atoms with E-state index >= 15 is 0 Å². The molecule has 6 nitrogen and oxygen atoms in total. The van der Waals surface area contributed by atoms with Gasteiger partial charge in [-0.2, -0.15) is 5.10 Å². The molecule has 1 N–H and O–H groups in total. The Labute approximate surface area is 170 Å². The maximum atomic E-state index is 12.8. The van der Waals surface area contributed by atoms with Gasteiger partial charge in [0, 0.05) is 23.9 Å². The second-order valence-electron chi connectivity index (χ2n) is 10.5. The van der Waals surface area contributed by atoms with Crippen molar-refractivity contribution in [3.8, 4) is 0 Å². The van der Waals surface area contributed by atoms with E-state index < -0.39 is 0 Å². The summed E-state index contributed by atoms with van der Waals surface area (Å²) in [6.07, 6.45) is 3.00. The summed E-state index contributed by atoms with van der Waals surface area (Å²) < 4.78 is 1.87. The molecule has 0 aromatic carbocycles. The van der Waals surface area contributed by atoms with Crippen LogP contribution in [0.5, 0.6) is 0 Å². The van der Waals surface area contributed by atoms with Gasteiger partial charge in [-0.3, -0.25) is 9.59 Å². The Morgan fingerprint density at radius 2 is 1.82 bits per heavy atom. The zero-order chi connectivity index (χ0) is 21.3. The number of carbonyl (C=O) groups is 2. The summed E-state index contributed by atoms with van der Waals surface area (Å²) in [6.45, 7) is 17.4. The van der Waals surface area contributed by atoms with E-state index in [1.54, 1.807) is 4.90 Å². The van der Waals surface area contributed by atoms with Crippen LogP contribution in [0.2, 0.25) is 0 Å². The van der Waals surface area contributed by atoms with Crippen LogP contribution in [0.1, 0.15) is 80.3 Å². The maximum Gasteiger partial charge on any atom is 0.245 e. The van der Waals surface area contributed by atoms with Gasteiger partial charge in [-0.1, -0.05) is 41.0 Å². The average Bonchev–Trinajstić information content (AvgIpc) is 2.88. The highest BCUT2D eigenvalue weighted by Gasteiger charge is 2.31. The van der Waals surface area contributed by atoms with Crippen molar-refractivity contribution in [1.82, 2.24) is 14.7 Å². The Hall–Kier alpha value is -1.85. The molecule has 158 valence electrons. The molecule has 1 aromatic rings. The van der Waals surface area contributed by atoms with E-state index in [0.29, 0.717) is 18.3 Å². The Kier molecular flexibility index (Phi) is 6.62. The summed E-state index contributed by atoms with van der Waals surface area (Å²) in [6, 6.07) is 1.95. The minimum Gasteiger partial charge on any atom is -0.333 e. The monoisotopic (exact) mass is 390 g/mol. The quantitative estimate of drug-likeness (QED) is 0.793. The highest BCUT2D eigenvalue weighted by atomic mass is 16.2. The Bertz CT molecular complexity index is 703. The van der Waals surface area contributed by atoms with Crippen molar-refractivity contribution in [3.63, 3.8) is 0 Å². The van der Waals surface area contributed by atoms with Crippen molar-refractivity contribution >= 4 is 17.6 Å². The molecule has 2 amide bonds. The summed E-state index contributed by atoms with van der Waals surface area (Å²) in [4.78, 5) is 27.3. The average molecular weight is 391 g/mol. The van der Waals surface area contributed by atoms with Gasteiger partial charge in [-0.15, -0.1) is 0 Å². The number of hydrogen-bond donors (Lipinski definition) is 1. The molecule has 2 rings (SSSR count). The highest BCUT2D eigenvalue weighted by molar-refractivity contribution is 5.94. The molecule has 1 aliphatic carbocycles. The van der Waals surface area contributed by atoms with Crippen molar-refractivity contribution in [2.24, 2.45) is 11.8 Å². The van der Waals surface area contributed by atoms with E-state index in [1.165, 1.54) is 0 Å². The van der Waals surface area contributed by atoms with Gasteiger partial charge in [0.05, 0.1) is 17.8 Å². The lowest BCUT2D eigenvalue weighted by molar-refractivity contribution is -0.141. The van der Waals surface area contributed by atoms with Crippen LogP contribution in [-0.2, 0) is 20.5 Å². The molecular formula is C22H38N4O2. The molecule has 0 saturated heterocycles. The van der Waals surface area contributed by atoms with E-state index in [9.17, 15) is 9.59 Å². The Balaban J connectivity index is 2.17. The van der Waals surface area contributed by atoms with E-state index in [-0.39, 0.29) is 35.2 Å². The zero-order valence-corrected chi connectivity index (χ0v) is 18.9. The molecule has 6 heteroatoms. The van der Waals surface area contributed by atoms with Crippen LogP contribution >= 0.6 is 0 Å². The molecule has 0 radical (unpaired) electrons. The van der Waals surface area contributed by atoms with Crippen molar-refractivity contribution in [2.45, 2.75) is 85.6 Å². The highest BCUT2D eigenvalue weighted by Crippen LogP contribution is 2.29. The largest absolute Gasteiger partial charge is 0.333 e. The van der Waals surface area contributed by atoms with Crippen molar-refractivity contribution in [2.75, 3.05) is 18.4 Å². The molecule has 0 aliphatic heterocycles. The summed E-state index contributed by atoms with van der Waals surface area (Å²) in [5.41, 5.74) is 0.563. The second-order valence-corrected chi connectivity index (χ2v) is 10.5. The first-order valence-corrected chi connectivity index (χ1v) is 10.5. The maximum absolute atomic E-state index is 12.8. The summed E-state index contributed by atoms with van der Waals surface area (Å²) >= 11 is 0. The van der Waals surface area contributed by atoms with Gasteiger partial charge >= 0.3 is 0 Å². The number of nitrogens with one attached hydrogen (secondary N) is 1. The van der Waals surface area contributed by atoms with E-state index in [4.69, 9.17) is 5.10 Å². The Morgan fingerprint density at radius 3 is 2.25 bits per heavy atom. The van der Waals surface area contributed by atoms with Gasteiger partial charge < -0.3 is 10.2 Å². The minimum absolute atomic E-state index is 0.0910. The van der Waals surface area contributed by atoms with Gasteiger partial charge in [0.2, 0.25) is 11.8 Å². The molecule has 0 bridgehead atoms. The number of rotatable bonds is 6. The normalized spacial score (nSPS) is 15.5. The van der Waals surface area contributed by atoms with Crippen molar-refractivity contribution < 1.29 is 9.59 Å². The lowest BCUT2D eigenvalue weighted by Crippen LogP contribution is -2.45. The topological polar surface area (TPSA) is 67.2 Å². The first kappa shape index (κ1) is 22.4. The third-order valence-electron chi connectivity index (χ3n) is 5.07. The predicted octanol–water partition coefficient (Wildman–Crippen LogP) is 4.16. The number of carbonyl (C=O) groups excluding carboxylic acids is 2. The lowest BCUT2D eigenvalue weighted by atomic mass is 9.84. The smallest absolute Gasteiger partial charge is 0.245 e. The number of amides is 2. The Morgan fingerprint density at radius 1 is 1.21 bits per heavy atom. The second kappa shape index (κ2) is 8.26. The number of hydrogen-bond acceptors (Lipinski definition) is 3. The zero-order valence-electron chi connectivity index (χ0n) is 18.9. The first-order valence-electron chi connectivity index (χ1n) is 10.5. The van der Waals surface area contributed by atoms with Crippen LogP contribution in [0.3, 0.4) is 0 Å². The molecule has 1 heterocycles. The van der Waals surface area contributed by atoms with Crippen LogP contribution in [0.4, 0.5) is 5.82 Å². The van der Waals surface area contributed by atoms with E-state index in [2.05, 4.69) is 60.7 Å². The lowest BCUT2D eigenvalue weighted by Gasteiger charge is -2.32. The fraction of sp³-hybridized carbons (Fsp3) is 0.773. The first-order chi connectivity index (χ1) is 12.8. The van der Waals surface area contributed by atoms with Crippen molar-refractivity contribution in [1.29, 1.82) is 0 Å². The van der Waals surface area contributed by atoms with Crippen LogP contribution in [0.15, 0.2) is 6.07 Å². The third-order valence-corrected chi connectivity index (χ3v) is 5.07. The number of anilines is 1. The predicted molar refractivity (Wildman–Crippen MR) is 113 cm³/mol. The van der Waals surface area contributed by atoms with Crippen LogP contribution < -0.4 is 5.32 Å². The number of aromatic nitrogens is 2. The summed E-state index contributed by atoms with van der Waals surface area (Å²) in [5, 5.41) is 7.75. The fourth-order valence-electron chi connectivity index (χ4n) is 3.29. The summed E-state index contributed by atoms with van der Waals surface area (Å²) in [5.74, 6) is 1.06.